The van der Waals surface area contributed by atoms with Crippen molar-refractivity contribution < 1.29 is 19.4 Å². The number of amides is 1. The molecule has 0 aliphatic heterocycles. The monoisotopic (exact) mass is 287 g/mol. The standard InChI is InChI=1S/C16H17NO4/c1-20-14-9-5-6-12(10-14)15(18)11-17-16(19)21-13-7-3-2-4-8-13/h2-10,15,18H,11H2,1H3,(H,17,19). The Hall–Kier alpha value is -2.53. The summed E-state index contributed by atoms with van der Waals surface area (Å²) in [6.07, 6.45) is -1.44. The summed E-state index contributed by atoms with van der Waals surface area (Å²) in [6.45, 7) is 0.0544. The van der Waals surface area contributed by atoms with Crippen LogP contribution < -0.4 is 14.8 Å². The van der Waals surface area contributed by atoms with Crippen molar-refractivity contribution >= 4 is 6.09 Å². The first kappa shape index (κ1) is 14.9. The Morgan fingerprint density at radius 3 is 2.57 bits per heavy atom. The minimum atomic E-state index is -0.830. The third kappa shape index (κ3) is 4.50. The van der Waals surface area contributed by atoms with Crippen LogP contribution in [0.4, 0.5) is 4.79 Å². The van der Waals surface area contributed by atoms with Crippen LogP contribution in [0, 0.1) is 0 Å². The molecule has 1 unspecified atom stereocenters. The summed E-state index contributed by atoms with van der Waals surface area (Å²) in [7, 11) is 1.56. The van der Waals surface area contributed by atoms with Crippen LogP contribution in [0.5, 0.6) is 11.5 Å². The van der Waals surface area contributed by atoms with Crippen LogP contribution in [0.3, 0.4) is 0 Å². The molecule has 0 saturated heterocycles. The van der Waals surface area contributed by atoms with E-state index < -0.39 is 12.2 Å². The van der Waals surface area contributed by atoms with Crippen LogP contribution in [0.1, 0.15) is 11.7 Å². The molecule has 2 rings (SSSR count). The van der Waals surface area contributed by atoms with Crippen molar-refractivity contribution in [2.75, 3.05) is 13.7 Å². The van der Waals surface area contributed by atoms with Gasteiger partial charge in [0, 0.05) is 0 Å². The Kier molecular flexibility index (Phi) is 5.17. The highest BCUT2D eigenvalue weighted by atomic mass is 16.6. The zero-order valence-corrected chi connectivity index (χ0v) is 11.7. The van der Waals surface area contributed by atoms with Gasteiger partial charge in [0.1, 0.15) is 11.5 Å². The fraction of sp³-hybridized carbons (Fsp3) is 0.188. The van der Waals surface area contributed by atoms with Crippen molar-refractivity contribution in [3.63, 3.8) is 0 Å². The molecule has 2 N–H and O–H groups in total. The molecule has 5 heteroatoms. The molecule has 1 amide bonds. The van der Waals surface area contributed by atoms with Gasteiger partial charge in [0.15, 0.2) is 0 Å². The van der Waals surface area contributed by atoms with Crippen molar-refractivity contribution in [3.05, 3.63) is 60.2 Å². The SMILES string of the molecule is COc1cccc(C(O)CNC(=O)Oc2ccccc2)c1. The number of hydrogen-bond acceptors (Lipinski definition) is 4. The minimum absolute atomic E-state index is 0.0544. The smallest absolute Gasteiger partial charge is 0.412 e. The lowest BCUT2D eigenvalue weighted by Crippen LogP contribution is -2.30. The number of aliphatic hydroxyl groups is 1. The molecule has 0 aliphatic rings. The van der Waals surface area contributed by atoms with E-state index in [2.05, 4.69) is 5.32 Å². The van der Waals surface area contributed by atoms with E-state index in [-0.39, 0.29) is 6.54 Å². The lowest BCUT2D eigenvalue weighted by atomic mass is 10.1. The van der Waals surface area contributed by atoms with Crippen LogP contribution >= 0.6 is 0 Å². The molecule has 0 saturated carbocycles. The van der Waals surface area contributed by atoms with Gasteiger partial charge < -0.3 is 19.9 Å². The maximum Gasteiger partial charge on any atom is 0.412 e. The van der Waals surface area contributed by atoms with E-state index in [0.29, 0.717) is 17.1 Å². The number of hydrogen-bond donors (Lipinski definition) is 2. The topological polar surface area (TPSA) is 67.8 Å². The van der Waals surface area contributed by atoms with E-state index in [0.717, 1.165) is 0 Å². The van der Waals surface area contributed by atoms with E-state index in [1.807, 2.05) is 6.07 Å². The van der Waals surface area contributed by atoms with Gasteiger partial charge in [-0.05, 0) is 29.8 Å². The number of carbonyl (C=O) groups excluding carboxylic acids is 1. The first-order valence-electron chi connectivity index (χ1n) is 6.52. The maximum atomic E-state index is 11.6. The number of nitrogens with one attached hydrogen (secondary N) is 1. The zero-order valence-electron chi connectivity index (χ0n) is 11.7. The summed E-state index contributed by atoms with van der Waals surface area (Å²) < 4.78 is 10.1. The van der Waals surface area contributed by atoms with Crippen molar-refractivity contribution in [2.45, 2.75) is 6.10 Å². The number of methoxy groups -OCH3 is 1. The Balaban J connectivity index is 1.85. The zero-order chi connectivity index (χ0) is 15.1. The number of ether oxygens (including phenoxy) is 2. The molecule has 110 valence electrons. The molecule has 0 heterocycles. The summed E-state index contributed by atoms with van der Waals surface area (Å²) in [4.78, 5) is 11.6. The van der Waals surface area contributed by atoms with Crippen LogP contribution in [0.15, 0.2) is 54.6 Å². The largest absolute Gasteiger partial charge is 0.497 e. The summed E-state index contributed by atoms with van der Waals surface area (Å²) in [5.41, 5.74) is 0.661. The second kappa shape index (κ2) is 7.31. The molecule has 2 aromatic carbocycles. The van der Waals surface area contributed by atoms with Gasteiger partial charge in [-0.25, -0.2) is 4.79 Å². The van der Waals surface area contributed by atoms with Gasteiger partial charge in [-0.2, -0.15) is 0 Å². The Labute approximate surface area is 123 Å². The van der Waals surface area contributed by atoms with Gasteiger partial charge in [-0.15, -0.1) is 0 Å². The maximum absolute atomic E-state index is 11.6. The highest BCUT2D eigenvalue weighted by Crippen LogP contribution is 2.18. The highest BCUT2D eigenvalue weighted by Gasteiger charge is 2.11. The molecule has 0 radical (unpaired) electrons. The normalized spacial score (nSPS) is 11.5. The molecule has 0 aliphatic carbocycles. The third-order valence-corrected chi connectivity index (χ3v) is 2.87. The molecule has 5 nitrogen and oxygen atoms in total. The summed E-state index contributed by atoms with van der Waals surface area (Å²) in [6, 6.07) is 15.8. The van der Waals surface area contributed by atoms with Crippen LogP contribution in [0.2, 0.25) is 0 Å². The summed E-state index contributed by atoms with van der Waals surface area (Å²) in [5.74, 6) is 1.10. The predicted octanol–water partition coefficient (Wildman–Crippen LogP) is 2.52. The molecule has 2 aromatic rings. The highest BCUT2D eigenvalue weighted by molar-refractivity contribution is 5.70. The van der Waals surface area contributed by atoms with Crippen LogP contribution in [-0.2, 0) is 0 Å². The lowest BCUT2D eigenvalue weighted by Gasteiger charge is -2.13. The van der Waals surface area contributed by atoms with Gasteiger partial charge >= 0.3 is 6.09 Å². The fourth-order valence-electron chi connectivity index (χ4n) is 1.78. The molecule has 0 fully saturated rings. The molecule has 21 heavy (non-hydrogen) atoms. The average molecular weight is 287 g/mol. The third-order valence-electron chi connectivity index (χ3n) is 2.87. The quantitative estimate of drug-likeness (QED) is 0.886. The van der Waals surface area contributed by atoms with E-state index in [1.165, 1.54) is 0 Å². The molecular formula is C16H17NO4. The van der Waals surface area contributed by atoms with Crippen LogP contribution in [-0.4, -0.2) is 24.9 Å². The number of rotatable bonds is 5. The first-order valence-corrected chi connectivity index (χ1v) is 6.52. The van der Waals surface area contributed by atoms with E-state index in [9.17, 15) is 9.90 Å². The van der Waals surface area contributed by atoms with E-state index in [1.54, 1.807) is 55.6 Å². The number of aliphatic hydroxyl groups excluding tert-OH is 1. The first-order chi connectivity index (χ1) is 10.2. The predicted molar refractivity (Wildman–Crippen MR) is 78.4 cm³/mol. The number of carbonyl (C=O) groups is 1. The average Bonchev–Trinajstić information content (AvgIpc) is 2.53. The second-order valence-electron chi connectivity index (χ2n) is 4.38. The van der Waals surface area contributed by atoms with Crippen molar-refractivity contribution in [3.8, 4) is 11.5 Å². The Morgan fingerprint density at radius 1 is 1.14 bits per heavy atom. The van der Waals surface area contributed by atoms with Crippen molar-refractivity contribution in [2.24, 2.45) is 0 Å². The second-order valence-corrected chi connectivity index (χ2v) is 4.38. The van der Waals surface area contributed by atoms with Crippen molar-refractivity contribution in [1.82, 2.24) is 5.32 Å². The summed E-state index contributed by atoms with van der Waals surface area (Å²) >= 11 is 0. The van der Waals surface area contributed by atoms with Gasteiger partial charge in [0.2, 0.25) is 0 Å². The lowest BCUT2D eigenvalue weighted by molar-refractivity contribution is 0.161. The van der Waals surface area contributed by atoms with E-state index in [4.69, 9.17) is 9.47 Å². The minimum Gasteiger partial charge on any atom is -0.497 e. The Morgan fingerprint density at radius 2 is 1.86 bits per heavy atom. The summed E-state index contributed by atoms with van der Waals surface area (Å²) in [5, 5.41) is 12.5. The number of para-hydroxylation sites is 1. The van der Waals surface area contributed by atoms with Crippen LogP contribution in [0.25, 0.3) is 0 Å². The van der Waals surface area contributed by atoms with Gasteiger partial charge in [0.25, 0.3) is 0 Å². The Bertz CT molecular complexity index is 586. The molecule has 0 bridgehead atoms. The number of benzene rings is 2. The van der Waals surface area contributed by atoms with Crippen molar-refractivity contribution in [1.29, 1.82) is 0 Å². The fourth-order valence-corrected chi connectivity index (χ4v) is 1.78. The van der Waals surface area contributed by atoms with Gasteiger partial charge in [0.05, 0.1) is 19.8 Å². The molecule has 0 spiro atoms. The van der Waals surface area contributed by atoms with Gasteiger partial charge in [-0.3, -0.25) is 0 Å². The van der Waals surface area contributed by atoms with Gasteiger partial charge in [-0.1, -0.05) is 30.3 Å². The molecule has 1 atom stereocenters. The van der Waals surface area contributed by atoms with E-state index >= 15 is 0 Å². The molecule has 0 aromatic heterocycles. The molecular weight excluding hydrogens is 270 g/mol.